The predicted octanol–water partition coefficient (Wildman–Crippen LogP) is 1.95. The molecule has 0 aromatic heterocycles. The molecule has 2 nitrogen and oxygen atoms in total. The maximum atomic E-state index is 3.45. The Hall–Kier alpha value is -0.600. The fraction of sp³-hybridized carbons (Fsp3) is 0.692. The van der Waals surface area contributed by atoms with Crippen LogP contribution in [0.15, 0.2) is 23.8 Å². The molecule has 2 rings (SSSR count). The quantitative estimate of drug-likeness (QED) is 0.756. The van der Waals surface area contributed by atoms with Crippen molar-refractivity contribution >= 4 is 0 Å². The van der Waals surface area contributed by atoms with E-state index in [9.17, 15) is 0 Å². The average molecular weight is 206 g/mol. The molecule has 1 atom stereocenters. The second-order valence-electron chi connectivity index (χ2n) is 4.52. The lowest BCUT2D eigenvalue weighted by Crippen LogP contribution is -2.28. The molecule has 1 heterocycles. The van der Waals surface area contributed by atoms with Crippen LogP contribution < -0.4 is 5.32 Å². The largest absolute Gasteiger partial charge is 0.310 e. The van der Waals surface area contributed by atoms with Crippen LogP contribution in [0.25, 0.3) is 0 Å². The van der Waals surface area contributed by atoms with Crippen LogP contribution in [0.3, 0.4) is 0 Å². The molecule has 84 valence electrons. The van der Waals surface area contributed by atoms with Crippen LogP contribution >= 0.6 is 0 Å². The monoisotopic (exact) mass is 206 g/mol. The molecule has 0 saturated carbocycles. The van der Waals surface area contributed by atoms with Gasteiger partial charge in [-0.3, -0.25) is 4.90 Å². The van der Waals surface area contributed by atoms with Gasteiger partial charge in [0.15, 0.2) is 0 Å². The lowest BCUT2D eigenvalue weighted by atomic mass is 10.0. The summed E-state index contributed by atoms with van der Waals surface area (Å²) in [7, 11) is 0. The standard InChI is InChI=1S/C13H22N2/c1-2-14-13-7-5-12(6-8-13)11-15-9-3-4-10-15/h5-7,13-14H,2-4,8-11H2,1H3. The van der Waals surface area contributed by atoms with Gasteiger partial charge in [-0.2, -0.15) is 0 Å². The fourth-order valence-electron chi connectivity index (χ4n) is 2.39. The second-order valence-corrected chi connectivity index (χ2v) is 4.52. The fourth-order valence-corrected chi connectivity index (χ4v) is 2.39. The maximum Gasteiger partial charge on any atom is 0.0287 e. The van der Waals surface area contributed by atoms with Gasteiger partial charge in [0.1, 0.15) is 0 Å². The van der Waals surface area contributed by atoms with E-state index in [2.05, 4.69) is 35.4 Å². The minimum absolute atomic E-state index is 0.567. The Balaban J connectivity index is 1.78. The number of hydrogen-bond acceptors (Lipinski definition) is 2. The molecule has 15 heavy (non-hydrogen) atoms. The van der Waals surface area contributed by atoms with Crippen LogP contribution in [0.5, 0.6) is 0 Å². The maximum absolute atomic E-state index is 3.45. The minimum atomic E-state index is 0.567. The number of rotatable bonds is 4. The molecule has 0 radical (unpaired) electrons. The van der Waals surface area contributed by atoms with Crippen LogP contribution in [-0.4, -0.2) is 37.1 Å². The molecular formula is C13H22N2. The van der Waals surface area contributed by atoms with Crippen molar-refractivity contribution in [3.05, 3.63) is 23.8 Å². The Morgan fingerprint density at radius 2 is 2.20 bits per heavy atom. The summed E-state index contributed by atoms with van der Waals surface area (Å²) in [6.07, 6.45) is 10.9. The van der Waals surface area contributed by atoms with E-state index in [0.717, 1.165) is 19.5 Å². The Morgan fingerprint density at radius 1 is 1.40 bits per heavy atom. The van der Waals surface area contributed by atoms with Crippen LogP contribution in [0.2, 0.25) is 0 Å². The highest BCUT2D eigenvalue weighted by Gasteiger charge is 2.13. The molecule has 0 aromatic carbocycles. The number of nitrogens with zero attached hydrogens (tertiary/aromatic N) is 1. The van der Waals surface area contributed by atoms with Crippen molar-refractivity contribution in [1.82, 2.24) is 10.2 Å². The number of nitrogens with one attached hydrogen (secondary N) is 1. The van der Waals surface area contributed by atoms with Crippen molar-refractivity contribution in [3.8, 4) is 0 Å². The topological polar surface area (TPSA) is 15.3 Å². The van der Waals surface area contributed by atoms with E-state index in [4.69, 9.17) is 0 Å². The predicted molar refractivity (Wildman–Crippen MR) is 65.0 cm³/mol. The van der Waals surface area contributed by atoms with Crippen molar-refractivity contribution in [2.24, 2.45) is 0 Å². The normalized spacial score (nSPS) is 27.0. The molecule has 0 spiro atoms. The molecule has 0 aromatic rings. The van der Waals surface area contributed by atoms with Gasteiger partial charge in [0.25, 0.3) is 0 Å². The summed E-state index contributed by atoms with van der Waals surface area (Å²) in [4.78, 5) is 2.56. The van der Waals surface area contributed by atoms with Crippen molar-refractivity contribution < 1.29 is 0 Å². The van der Waals surface area contributed by atoms with Crippen molar-refractivity contribution in [2.45, 2.75) is 32.2 Å². The van der Waals surface area contributed by atoms with Gasteiger partial charge in [0.05, 0.1) is 0 Å². The zero-order valence-electron chi connectivity index (χ0n) is 9.71. The zero-order valence-corrected chi connectivity index (χ0v) is 9.71. The lowest BCUT2D eigenvalue weighted by molar-refractivity contribution is 0.370. The van der Waals surface area contributed by atoms with Gasteiger partial charge >= 0.3 is 0 Å². The molecule has 0 bridgehead atoms. The van der Waals surface area contributed by atoms with E-state index in [1.54, 1.807) is 0 Å². The van der Waals surface area contributed by atoms with E-state index in [1.165, 1.54) is 31.5 Å². The summed E-state index contributed by atoms with van der Waals surface area (Å²) in [6, 6.07) is 0.567. The van der Waals surface area contributed by atoms with E-state index in [-0.39, 0.29) is 0 Å². The van der Waals surface area contributed by atoms with Crippen molar-refractivity contribution in [1.29, 1.82) is 0 Å². The smallest absolute Gasteiger partial charge is 0.0287 e. The molecule has 1 aliphatic heterocycles. The first-order chi connectivity index (χ1) is 7.38. The molecular weight excluding hydrogens is 184 g/mol. The van der Waals surface area contributed by atoms with Gasteiger partial charge in [-0.15, -0.1) is 0 Å². The van der Waals surface area contributed by atoms with Gasteiger partial charge in [0, 0.05) is 12.6 Å². The Bertz CT molecular complexity index is 249. The average Bonchev–Trinajstić information content (AvgIpc) is 2.74. The third-order valence-corrected chi connectivity index (χ3v) is 3.25. The molecule has 1 N–H and O–H groups in total. The molecule has 2 aliphatic rings. The van der Waals surface area contributed by atoms with Crippen molar-refractivity contribution in [2.75, 3.05) is 26.2 Å². The molecule has 1 saturated heterocycles. The number of likely N-dealkylation sites (tertiary alicyclic amines) is 1. The van der Waals surface area contributed by atoms with Gasteiger partial charge < -0.3 is 5.32 Å². The molecule has 1 unspecified atom stereocenters. The minimum Gasteiger partial charge on any atom is -0.310 e. The van der Waals surface area contributed by atoms with E-state index in [1.807, 2.05) is 0 Å². The highest BCUT2D eigenvalue weighted by Crippen LogP contribution is 2.15. The SMILES string of the molecule is CCNC1C=CC(CN2CCCC2)=CC1. The van der Waals surface area contributed by atoms with Crippen LogP contribution in [-0.2, 0) is 0 Å². The third-order valence-electron chi connectivity index (χ3n) is 3.25. The van der Waals surface area contributed by atoms with Crippen molar-refractivity contribution in [3.63, 3.8) is 0 Å². The van der Waals surface area contributed by atoms with E-state index >= 15 is 0 Å². The highest BCUT2D eigenvalue weighted by atomic mass is 15.1. The molecule has 1 aliphatic carbocycles. The van der Waals surface area contributed by atoms with Crippen LogP contribution in [0.4, 0.5) is 0 Å². The van der Waals surface area contributed by atoms with Gasteiger partial charge in [0.2, 0.25) is 0 Å². The second kappa shape index (κ2) is 5.47. The van der Waals surface area contributed by atoms with Gasteiger partial charge in [-0.1, -0.05) is 25.2 Å². The first-order valence-corrected chi connectivity index (χ1v) is 6.21. The Morgan fingerprint density at radius 3 is 2.80 bits per heavy atom. The van der Waals surface area contributed by atoms with Crippen LogP contribution in [0.1, 0.15) is 26.2 Å². The third kappa shape index (κ3) is 3.18. The zero-order chi connectivity index (χ0) is 10.5. The summed E-state index contributed by atoms with van der Waals surface area (Å²) in [6.45, 7) is 6.97. The summed E-state index contributed by atoms with van der Waals surface area (Å²) in [5.74, 6) is 0. The first kappa shape index (κ1) is 10.9. The van der Waals surface area contributed by atoms with Gasteiger partial charge in [-0.25, -0.2) is 0 Å². The summed E-state index contributed by atoms with van der Waals surface area (Å²) in [5.41, 5.74) is 1.51. The molecule has 0 amide bonds. The van der Waals surface area contributed by atoms with E-state index in [0.29, 0.717) is 6.04 Å². The number of hydrogen-bond donors (Lipinski definition) is 1. The number of likely N-dealkylation sites (N-methyl/N-ethyl adjacent to an activating group) is 1. The summed E-state index contributed by atoms with van der Waals surface area (Å²) in [5, 5.41) is 3.45. The van der Waals surface area contributed by atoms with E-state index < -0.39 is 0 Å². The highest BCUT2D eigenvalue weighted by molar-refractivity contribution is 5.26. The molecule has 2 heteroatoms. The van der Waals surface area contributed by atoms with Crippen LogP contribution in [0, 0.1) is 0 Å². The molecule has 1 fully saturated rings. The Kier molecular flexibility index (Phi) is 3.98. The summed E-state index contributed by atoms with van der Waals surface area (Å²) < 4.78 is 0. The summed E-state index contributed by atoms with van der Waals surface area (Å²) >= 11 is 0. The first-order valence-electron chi connectivity index (χ1n) is 6.21. The lowest BCUT2D eigenvalue weighted by Gasteiger charge is -2.20. The Labute approximate surface area is 93.0 Å². The van der Waals surface area contributed by atoms with Gasteiger partial charge in [-0.05, 0) is 44.5 Å².